The van der Waals surface area contributed by atoms with E-state index in [1.165, 1.54) is 12.3 Å². The molecule has 0 aliphatic rings. The van der Waals surface area contributed by atoms with Crippen molar-refractivity contribution in [1.82, 2.24) is 5.32 Å². The predicted octanol–water partition coefficient (Wildman–Crippen LogP) is 3.97. The minimum Gasteiger partial charge on any atom is -0.459 e. The van der Waals surface area contributed by atoms with Crippen molar-refractivity contribution in [2.75, 3.05) is 10.6 Å². The number of furan rings is 1. The van der Waals surface area contributed by atoms with E-state index in [4.69, 9.17) is 16.6 Å². The van der Waals surface area contributed by atoms with Crippen molar-refractivity contribution in [2.45, 2.75) is 6.92 Å². The van der Waals surface area contributed by atoms with Gasteiger partial charge in [0.05, 0.1) is 6.26 Å². The maximum Gasteiger partial charge on any atom is 0.293 e. The van der Waals surface area contributed by atoms with Crippen LogP contribution in [-0.4, -0.2) is 16.9 Å². The Morgan fingerprint density at radius 1 is 0.889 bits per heavy atom. The van der Waals surface area contributed by atoms with Crippen molar-refractivity contribution in [3.63, 3.8) is 0 Å². The highest BCUT2D eigenvalue weighted by atomic mass is 32.1. The lowest BCUT2D eigenvalue weighted by atomic mass is 10.1. The standard InChI is InChI=1S/C20H17N3O3S/c1-13-5-2-7-15(11-13)21-18(24)14-6-3-8-16(12-14)22-20(27)23-19(25)17-9-4-10-26-17/h2-12H,1H3,(H,21,24)(H2,22,23,25,27). The van der Waals surface area contributed by atoms with Gasteiger partial charge >= 0.3 is 0 Å². The molecule has 3 N–H and O–H groups in total. The van der Waals surface area contributed by atoms with Crippen LogP contribution in [-0.2, 0) is 0 Å². The van der Waals surface area contributed by atoms with Gasteiger partial charge in [-0.05, 0) is 67.2 Å². The molecule has 0 saturated heterocycles. The lowest BCUT2D eigenvalue weighted by Gasteiger charge is -2.10. The smallest absolute Gasteiger partial charge is 0.293 e. The molecule has 0 saturated carbocycles. The number of nitrogens with one attached hydrogen (secondary N) is 3. The number of benzene rings is 2. The molecule has 0 aliphatic carbocycles. The van der Waals surface area contributed by atoms with Gasteiger partial charge < -0.3 is 15.1 Å². The van der Waals surface area contributed by atoms with Crippen LogP contribution >= 0.6 is 12.2 Å². The topological polar surface area (TPSA) is 83.4 Å². The lowest BCUT2D eigenvalue weighted by molar-refractivity contribution is 0.0950. The minimum absolute atomic E-state index is 0.104. The zero-order valence-electron chi connectivity index (χ0n) is 14.5. The van der Waals surface area contributed by atoms with Crippen LogP contribution in [0.4, 0.5) is 11.4 Å². The second kappa shape index (κ2) is 8.29. The number of rotatable bonds is 4. The summed E-state index contributed by atoms with van der Waals surface area (Å²) in [5, 5.41) is 8.35. The minimum atomic E-state index is -0.453. The first-order valence-electron chi connectivity index (χ1n) is 8.15. The summed E-state index contributed by atoms with van der Waals surface area (Å²) in [5.41, 5.74) is 2.82. The molecule has 3 aromatic rings. The number of amides is 2. The summed E-state index contributed by atoms with van der Waals surface area (Å²) in [6, 6.07) is 17.5. The number of carbonyl (C=O) groups is 2. The fraction of sp³-hybridized carbons (Fsp3) is 0.0500. The fourth-order valence-corrected chi connectivity index (χ4v) is 2.61. The molecule has 7 heteroatoms. The molecule has 0 fully saturated rings. The van der Waals surface area contributed by atoms with Gasteiger partial charge in [-0.3, -0.25) is 14.9 Å². The van der Waals surface area contributed by atoms with Crippen LogP contribution in [0.3, 0.4) is 0 Å². The van der Waals surface area contributed by atoms with E-state index in [0.717, 1.165) is 11.3 Å². The van der Waals surface area contributed by atoms with Crippen molar-refractivity contribution in [3.05, 3.63) is 83.8 Å². The highest BCUT2D eigenvalue weighted by molar-refractivity contribution is 7.80. The summed E-state index contributed by atoms with van der Waals surface area (Å²) in [4.78, 5) is 24.4. The summed E-state index contributed by atoms with van der Waals surface area (Å²) >= 11 is 5.13. The van der Waals surface area contributed by atoms with Gasteiger partial charge in [0.1, 0.15) is 0 Å². The Morgan fingerprint density at radius 3 is 2.33 bits per heavy atom. The summed E-state index contributed by atoms with van der Waals surface area (Å²) < 4.78 is 5.01. The number of thiocarbonyl (C=S) groups is 1. The summed E-state index contributed by atoms with van der Waals surface area (Å²) in [6.45, 7) is 1.96. The van der Waals surface area contributed by atoms with Crippen molar-refractivity contribution < 1.29 is 14.0 Å². The number of hydrogen-bond acceptors (Lipinski definition) is 4. The van der Waals surface area contributed by atoms with E-state index in [2.05, 4.69) is 16.0 Å². The molecular weight excluding hydrogens is 362 g/mol. The molecule has 136 valence electrons. The maximum absolute atomic E-state index is 12.4. The quantitative estimate of drug-likeness (QED) is 0.598. The third-order valence-corrected chi connectivity index (χ3v) is 3.83. The molecule has 0 radical (unpaired) electrons. The molecule has 3 rings (SSSR count). The van der Waals surface area contributed by atoms with E-state index in [1.807, 2.05) is 31.2 Å². The van der Waals surface area contributed by atoms with Gasteiger partial charge in [-0.2, -0.15) is 0 Å². The van der Waals surface area contributed by atoms with Gasteiger partial charge in [0.25, 0.3) is 11.8 Å². The molecule has 2 aromatic carbocycles. The van der Waals surface area contributed by atoms with Crippen molar-refractivity contribution >= 4 is 40.5 Å². The van der Waals surface area contributed by atoms with Crippen LogP contribution in [0.15, 0.2) is 71.3 Å². The van der Waals surface area contributed by atoms with Gasteiger partial charge in [0.15, 0.2) is 10.9 Å². The van der Waals surface area contributed by atoms with Crippen LogP contribution in [0, 0.1) is 6.92 Å². The Labute approximate surface area is 161 Å². The van der Waals surface area contributed by atoms with Crippen molar-refractivity contribution in [3.8, 4) is 0 Å². The van der Waals surface area contributed by atoms with E-state index >= 15 is 0 Å². The molecule has 1 aromatic heterocycles. The Bertz CT molecular complexity index is 984. The molecule has 0 aliphatic heterocycles. The zero-order chi connectivity index (χ0) is 19.2. The van der Waals surface area contributed by atoms with Crippen molar-refractivity contribution in [2.24, 2.45) is 0 Å². The fourth-order valence-electron chi connectivity index (χ4n) is 2.40. The van der Waals surface area contributed by atoms with Crippen molar-refractivity contribution in [1.29, 1.82) is 0 Å². The van der Waals surface area contributed by atoms with E-state index < -0.39 is 5.91 Å². The van der Waals surface area contributed by atoms with E-state index in [9.17, 15) is 9.59 Å². The average molecular weight is 379 g/mol. The maximum atomic E-state index is 12.4. The summed E-state index contributed by atoms with van der Waals surface area (Å²) in [7, 11) is 0. The molecule has 0 unspecified atom stereocenters. The Morgan fingerprint density at radius 2 is 1.63 bits per heavy atom. The van der Waals surface area contributed by atoms with Crippen LogP contribution < -0.4 is 16.0 Å². The summed E-state index contributed by atoms with van der Waals surface area (Å²) in [6.07, 6.45) is 1.40. The highest BCUT2D eigenvalue weighted by Crippen LogP contribution is 2.15. The Balaban J connectivity index is 1.63. The molecule has 6 nitrogen and oxygen atoms in total. The highest BCUT2D eigenvalue weighted by Gasteiger charge is 2.11. The number of hydrogen-bond donors (Lipinski definition) is 3. The first kappa shape index (κ1) is 18.3. The monoisotopic (exact) mass is 379 g/mol. The molecular formula is C20H17N3O3S. The van der Waals surface area contributed by atoms with Crippen LogP contribution in [0.25, 0.3) is 0 Å². The summed E-state index contributed by atoms with van der Waals surface area (Å²) in [5.74, 6) is -0.536. The average Bonchev–Trinajstić information content (AvgIpc) is 3.16. The van der Waals surface area contributed by atoms with E-state index in [0.29, 0.717) is 11.3 Å². The predicted molar refractivity (Wildman–Crippen MR) is 108 cm³/mol. The SMILES string of the molecule is Cc1cccc(NC(=O)c2cccc(NC(=S)NC(=O)c3ccco3)c2)c1. The zero-order valence-corrected chi connectivity index (χ0v) is 15.3. The largest absolute Gasteiger partial charge is 0.459 e. The first-order chi connectivity index (χ1) is 13.0. The second-order valence-electron chi connectivity index (χ2n) is 5.79. The van der Waals surface area contributed by atoms with Gasteiger partial charge in [0.2, 0.25) is 0 Å². The third kappa shape index (κ3) is 5.02. The lowest BCUT2D eigenvalue weighted by Crippen LogP contribution is -2.33. The molecule has 27 heavy (non-hydrogen) atoms. The Hall–Kier alpha value is -3.45. The number of aryl methyl sites for hydroxylation is 1. The molecule has 0 spiro atoms. The normalized spacial score (nSPS) is 10.1. The first-order valence-corrected chi connectivity index (χ1v) is 8.56. The van der Waals surface area contributed by atoms with Gasteiger partial charge in [-0.25, -0.2) is 0 Å². The molecule has 0 atom stereocenters. The van der Waals surface area contributed by atoms with E-state index in [-0.39, 0.29) is 16.8 Å². The number of anilines is 2. The molecule has 1 heterocycles. The molecule has 0 bridgehead atoms. The number of carbonyl (C=O) groups excluding carboxylic acids is 2. The van der Waals surface area contributed by atoms with Crippen LogP contribution in [0.1, 0.15) is 26.5 Å². The second-order valence-corrected chi connectivity index (χ2v) is 6.20. The van der Waals surface area contributed by atoms with E-state index in [1.54, 1.807) is 30.3 Å². The Kier molecular flexibility index (Phi) is 5.63. The van der Waals surface area contributed by atoms with Crippen LogP contribution in [0.5, 0.6) is 0 Å². The third-order valence-electron chi connectivity index (χ3n) is 3.63. The van der Waals surface area contributed by atoms with Gasteiger partial charge in [-0.1, -0.05) is 18.2 Å². The van der Waals surface area contributed by atoms with Crippen LogP contribution in [0.2, 0.25) is 0 Å². The van der Waals surface area contributed by atoms with Gasteiger partial charge in [-0.15, -0.1) is 0 Å². The van der Waals surface area contributed by atoms with Gasteiger partial charge in [0, 0.05) is 16.9 Å². The molecule has 2 amide bonds.